The molecule has 3 aromatic carbocycles. The number of hydrogen-bond donors (Lipinski definition) is 0. The van der Waals surface area contributed by atoms with Crippen LogP contribution in [0.15, 0.2) is 60.7 Å². The number of nitrogens with zero attached hydrogens (tertiary/aromatic N) is 2. The van der Waals surface area contributed by atoms with E-state index in [0.29, 0.717) is 0 Å². The Kier molecular flexibility index (Phi) is 6.70. The van der Waals surface area contributed by atoms with Crippen LogP contribution in [0.25, 0.3) is 0 Å². The Balaban J connectivity index is 1.99. The van der Waals surface area contributed by atoms with Crippen molar-refractivity contribution in [1.29, 1.82) is 0 Å². The highest BCUT2D eigenvalue weighted by molar-refractivity contribution is 5.96. The molecule has 178 valence electrons. The van der Waals surface area contributed by atoms with Gasteiger partial charge in [0.2, 0.25) is 0 Å². The van der Waals surface area contributed by atoms with Gasteiger partial charge in [-0.1, -0.05) is 36.4 Å². The Morgan fingerprint density at radius 3 is 1.65 bits per heavy atom. The molecule has 3 aromatic rings. The van der Waals surface area contributed by atoms with E-state index in [2.05, 4.69) is 86.9 Å². The number of carbonyl (C=O) groups excluding carboxylic acids is 1. The zero-order valence-electron chi connectivity index (χ0n) is 21.3. The van der Waals surface area contributed by atoms with Crippen molar-refractivity contribution in [1.82, 2.24) is 0 Å². The fourth-order valence-electron chi connectivity index (χ4n) is 5.37. The summed E-state index contributed by atoms with van der Waals surface area (Å²) in [6, 6.07) is 21.0. The Morgan fingerprint density at radius 1 is 0.735 bits per heavy atom. The highest BCUT2D eigenvalue weighted by Gasteiger charge is 2.42. The molecule has 0 saturated carbocycles. The van der Waals surface area contributed by atoms with E-state index in [-0.39, 0.29) is 5.78 Å². The van der Waals surface area contributed by atoms with Gasteiger partial charge in [-0.3, -0.25) is 4.79 Å². The first-order valence-corrected chi connectivity index (χ1v) is 12.5. The zero-order chi connectivity index (χ0) is 24.5. The van der Waals surface area contributed by atoms with Gasteiger partial charge >= 0.3 is 0 Å². The fourth-order valence-corrected chi connectivity index (χ4v) is 5.37. The van der Waals surface area contributed by atoms with Crippen LogP contribution in [0.5, 0.6) is 11.5 Å². The van der Waals surface area contributed by atoms with Crippen molar-refractivity contribution in [3.8, 4) is 11.5 Å². The molecule has 0 N–H and O–H groups in total. The molecule has 1 heterocycles. The third kappa shape index (κ3) is 3.85. The molecule has 4 rings (SSSR count). The molecular weight excluding hydrogens is 420 g/mol. The van der Waals surface area contributed by atoms with Gasteiger partial charge in [0.15, 0.2) is 5.78 Å². The van der Waals surface area contributed by atoms with Gasteiger partial charge in [0.25, 0.3) is 0 Å². The smallest absolute Gasteiger partial charge is 0.160 e. The van der Waals surface area contributed by atoms with Crippen molar-refractivity contribution in [2.45, 2.75) is 47.0 Å². The number of ketones is 1. The van der Waals surface area contributed by atoms with Crippen LogP contribution >= 0.6 is 0 Å². The van der Waals surface area contributed by atoms with Crippen LogP contribution in [0.2, 0.25) is 0 Å². The summed E-state index contributed by atoms with van der Waals surface area (Å²) in [5.41, 5.74) is 5.71. The quantitative estimate of drug-likeness (QED) is 0.340. The van der Waals surface area contributed by atoms with Crippen molar-refractivity contribution in [3.63, 3.8) is 0 Å². The predicted octanol–water partition coefficient (Wildman–Crippen LogP) is 7.04. The van der Waals surface area contributed by atoms with E-state index in [9.17, 15) is 4.79 Å². The molecule has 4 nitrogen and oxygen atoms in total. The van der Waals surface area contributed by atoms with Gasteiger partial charge in [-0.05, 0) is 59.2 Å². The number of benzene rings is 3. The van der Waals surface area contributed by atoms with Crippen LogP contribution in [-0.4, -0.2) is 32.0 Å². The number of anilines is 2. The lowest BCUT2D eigenvalue weighted by Gasteiger charge is -2.40. The number of rotatable bonds is 8. The average molecular weight is 457 g/mol. The van der Waals surface area contributed by atoms with E-state index in [1.807, 2.05) is 18.2 Å². The van der Waals surface area contributed by atoms with Crippen molar-refractivity contribution in [3.05, 3.63) is 82.9 Å². The third-order valence-electron chi connectivity index (χ3n) is 7.33. The summed E-state index contributed by atoms with van der Waals surface area (Å²) in [7, 11) is 0. The standard InChI is InChI=1S/C30H36N2O2/c1-7-31(8-2)22-15-17-26-28(19-22)34-29-20-23(32(9-3)10-4)16-18-27(29)30(26,6)25-14-12-11-13-24(25)21(5)33/h11-20H,7-10H2,1-6H3. The highest BCUT2D eigenvalue weighted by atomic mass is 16.5. The zero-order valence-corrected chi connectivity index (χ0v) is 21.3. The van der Waals surface area contributed by atoms with Gasteiger partial charge in [-0.25, -0.2) is 0 Å². The Labute approximate surface area is 204 Å². The first-order valence-electron chi connectivity index (χ1n) is 12.5. The second-order valence-corrected chi connectivity index (χ2v) is 9.03. The fraction of sp³-hybridized carbons (Fsp3) is 0.367. The SMILES string of the molecule is CCN(CC)c1ccc2c(c1)Oc1cc(N(CC)CC)ccc1C2(C)c1ccccc1C(C)=O. The van der Waals surface area contributed by atoms with Crippen molar-refractivity contribution in [2.75, 3.05) is 36.0 Å². The van der Waals surface area contributed by atoms with Crippen LogP contribution < -0.4 is 14.5 Å². The van der Waals surface area contributed by atoms with Crippen LogP contribution in [0.1, 0.15) is 68.6 Å². The van der Waals surface area contributed by atoms with Gasteiger partial charge in [-0.2, -0.15) is 0 Å². The number of fused-ring (bicyclic) bond motifs is 2. The summed E-state index contributed by atoms with van der Waals surface area (Å²) in [5, 5.41) is 0. The molecule has 1 aliphatic rings. The Bertz CT molecular complexity index is 1130. The second kappa shape index (κ2) is 9.54. The topological polar surface area (TPSA) is 32.8 Å². The van der Waals surface area contributed by atoms with Gasteiger partial charge in [0.05, 0.1) is 5.41 Å². The van der Waals surface area contributed by atoms with Crippen molar-refractivity contribution in [2.24, 2.45) is 0 Å². The monoisotopic (exact) mass is 456 g/mol. The molecule has 0 aromatic heterocycles. The lowest BCUT2D eigenvalue weighted by atomic mass is 9.67. The van der Waals surface area contributed by atoms with Gasteiger partial charge in [0.1, 0.15) is 11.5 Å². The number of hydrogen-bond acceptors (Lipinski definition) is 4. The second-order valence-electron chi connectivity index (χ2n) is 9.03. The molecular formula is C30H36N2O2. The molecule has 0 aliphatic carbocycles. The molecule has 0 fully saturated rings. The van der Waals surface area contributed by atoms with Crippen LogP contribution in [0.3, 0.4) is 0 Å². The van der Waals surface area contributed by atoms with Crippen LogP contribution in [0.4, 0.5) is 11.4 Å². The van der Waals surface area contributed by atoms with E-state index >= 15 is 0 Å². The number of carbonyl (C=O) groups is 1. The third-order valence-corrected chi connectivity index (χ3v) is 7.33. The normalized spacial score (nSPS) is 13.5. The molecule has 34 heavy (non-hydrogen) atoms. The minimum atomic E-state index is -0.519. The Morgan fingerprint density at radius 2 is 1.21 bits per heavy atom. The van der Waals surface area contributed by atoms with Gasteiger partial charge in [0, 0.05) is 66.4 Å². The highest BCUT2D eigenvalue weighted by Crippen LogP contribution is 2.53. The van der Waals surface area contributed by atoms with Crippen molar-refractivity contribution < 1.29 is 9.53 Å². The molecule has 0 unspecified atom stereocenters. The molecule has 0 atom stereocenters. The summed E-state index contributed by atoms with van der Waals surface area (Å²) in [4.78, 5) is 17.3. The van der Waals surface area contributed by atoms with Gasteiger partial charge < -0.3 is 14.5 Å². The summed E-state index contributed by atoms with van der Waals surface area (Å²) in [5.74, 6) is 1.79. The molecule has 0 bridgehead atoms. The molecule has 1 aliphatic heterocycles. The van der Waals surface area contributed by atoms with Crippen molar-refractivity contribution >= 4 is 17.2 Å². The Hall–Kier alpha value is -3.27. The van der Waals surface area contributed by atoms with Gasteiger partial charge in [-0.15, -0.1) is 0 Å². The van der Waals surface area contributed by atoms with E-state index in [1.165, 1.54) is 0 Å². The first kappa shape index (κ1) is 23.9. The lowest BCUT2D eigenvalue weighted by molar-refractivity contribution is 0.101. The van der Waals surface area contributed by atoms with Crippen LogP contribution in [-0.2, 0) is 5.41 Å². The maximum Gasteiger partial charge on any atom is 0.160 e. The molecule has 0 spiro atoms. The molecule has 0 radical (unpaired) electrons. The van der Waals surface area contributed by atoms with E-state index < -0.39 is 5.41 Å². The van der Waals surface area contributed by atoms with Crippen LogP contribution in [0, 0.1) is 0 Å². The first-order chi connectivity index (χ1) is 16.4. The number of Topliss-reactive ketones (excluding diaryl/α,β-unsaturated/α-hetero) is 1. The molecule has 4 heteroatoms. The summed E-state index contributed by atoms with van der Waals surface area (Å²) in [6.45, 7) is 16.3. The minimum Gasteiger partial charge on any atom is -0.457 e. The molecule has 0 saturated heterocycles. The maximum atomic E-state index is 12.7. The average Bonchev–Trinajstić information content (AvgIpc) is 2.85. The number of ether oxygens (including phenoxy) is 1. The summed E-state index contributed by atoms with van der Waals surface area (Å²) < 4.78 is 6.62. The lowest BCUT2D eigenvalue weighted by Crippen LogP contribution is -2.32. The predicted molar refractivity (Wildman–Crippen MR) is 142 cm³/mol. The van der Waals surface area contributed by atoms with E-state index in [4.69, 9.17) is 4.74 Å². The van der Waals surface area contributed by atoms with E-state index in [1.54, 1.807) is 6.92 Å². The maximum absolute atomic E-state index is 12.7. The van der Waals surface area contributed by atoms with E-state index in [0.717, 1.165) is 71.3 Å². The largest absolute Gasteiger partial charge is 0.457 e. The minimum absolute atomic E-state index is 0.0749. The molecule has 0 amide bonds. The summed E-state index contributed by atoms with van der Waals surface area (Å²) >= 11 is 0. The summed E-state index contributed by atoms with van der Waals surface area (Å²) in [6.07, 6.45) is 0.